The molecule has 3 rings (SSSR count). The maximum Gasteiger partial charge on any atom is 0.227 e. The van der Waals surface area contributed by atoms with Crippen LogP contribution >= 0.6 is 11.8 Å². The van der Waals surface area contributed by atoms with Gasteiger partial charge < -0.3 is 10.2 Å². The Morgan fingerprint density at radius 1 is 1.16 bits per heavy atom. The van der Waals surface area contributed by atoms with Crippen molar-refractivity contribution in [2.75, 3.05) is 23.7 Å². The minimum absolute atomic E-state index is 0.000517. The minimum Gasteiger partial charge on any atom is -0.356 e. The Balaban J connectivity index is 1.36. The zero-order valence-corrected chi connectivity index (χ0v) is 15.7. The molecule has 1 aromatic carbocycles. The first-order chi connectivity index (χ1) is 12.2. The number of benzene rings is 1. The van der Waals surface area contributed by atoms with Gasteiger partial charge in [-0.1, -0.05) is 37.8 Å². The maximum absolute atomic E-state index is 12.5. The van der Waals surface area contributed by atoms with Gasteiger partial charge in [-0.15, -0.1) is 11.8 Å². The first-order valence-corrected chi connectivity index (χ1v) is 10.5. The van der Waals surface area contributed by atoms with Crippen LogP contribution in [0.15, 0.2) is 29.2 Å². The average Bonchev–Trinajstić information content (AvgIpc) is 3.16. The highest BCUT2D eigenvalue weighted by molar-refractivity contribution is 7.99. The summed E-state index contributed by atoms with van der Waals surface area (Å²) in [6.45, 7) is 1.47. The normalized spacial score (nSPS) is 17.4. The fourth-order valence-corrected chi connectivity index (χ4v) is 4.78. The van der Waals surface area contributed by atoms with Gasteiger partial charge >= 0.3 is 0 Å². The molecule has 0 aromatic heterocycles. The Hall–Kier alpha value is -1.49. The molecule has 2 amide bonds. The summed E-state index contributed by atoms with van der Waals surface area (Å²) in [5, 5.41) is 2.97. The molecule has 2 aliphatic rings. The van der Waals surface area contributed by atoms with Gasteiger partial charge in [0.05, 0.1) is 5.69 Å². The van der Waals surface area contributed by atoms with Crippen molar-refractivity contribution in [2.24, 2.45) is 5.92 Å². The molecule has 0 spiro atoms. The third kappa shape index (κ3) is 5.24. The molecule has 1 aliphatic carbocycles. The summed E-state index contributed by atoms with van der Waals surface area (Å²) in [5.41, 5.74) is 0.987. The number of thioether (sulfide) groups is 1. The standard InChI is InChI=1S/C20H28N2O2S/c23-19(21-13-5-8-16-6-1-2-7-16)11-12-20(24)22-14-15-25-18-10-4-3-9-17(18)22/h3-4,9-10,16H,1-2,5-8,11-15H2,(H,21,23). The van der Waals surface area contributed by atoms with Crippen LogP contribution in [-0.4, -0.2) is 30.7 Å². The van der Waals surface area contributed by atoms with Gasteiger partial charge in [0.25, 0.3) is 0 Å². The molecule has 0 radical (unpaired) electrons. The van der Waals surface area contributed by atoms with Crippen LogP contribution in [0.5, 0.6) is 0 Å². The van der Waals surface area contributed by atoms with Crippen LogP contribution < -0.4 is 10.2 Å². The highest BCUT2D eigenvalue weighted by atomic mass is 32.2. The van der Waals surface area contributed by atoms with Crippen LogP contribution in [-0.2, 0) is 9.59 Å². The Bertz CT molecular complexity index is 599. The molecule has 1 heterocycles. The molecule has 25 heavy (non-hydrogen) atoms. The van der Waals surface area contributed by atoms with Crippen molar-refractivity contribution in [2.45, 2.75) is 56.3 Å². The molecule has 4 nitrogen and oxygen atoms in total. The number of nitrogens with zero attached hydrogens (tertiary/aromatic N) is 1. The monoisotopic (exact) mass is 360 g/mol. The molecule has 1 aromatic rings. The van der Waals surface area contributed by atoms with E-state index in [4.69, 9.17) is 0 Å². The number of para-hydroxylation sites is 1. The summed E-state index contributed by atoms with van der Waals surface area (Å²) in [5.74, 6) is 1.83. The van der Waals surface area contributed by atoms with E-state index in [9.17, 15) is 9.59 Å². The summed E-state index contributed by atoms with van der Waals surface area (Å²) >= 11 is 1.78. The largest absolute Gasteiger partial charge is 0.356 e. The Labute approximate surface area is 154 Å². The molecule has 136 valence electrons. The van der Waals surface area contributed by atoms with E-state index in [1.54, 1.807) is 11.8 Å². The molecule has 1 aliphatic heterocycles. The summed E-state index contributed by atoms with van der Waals surface area (Å²) in [7, 11) is 0. The lowest BCUT2D eigenvalue weighted by atomic mass is 10.0. The predicted molar refractivity (Wildman–Crippen MR) is 103 cm³/mol. The lowest BCUT2D eigenvalue weighted by Gasteiger charge is -2.29. The third-order valence-electron chi connectivity index (χ3n) is 5.18. The van der Waals surface area contributed by atoms with Crippen molar-refractivity contribution in [3.05, 3.63) is 24.3 Å². The van der Waals surface area contributed by atoms with Crippen LogP contribution in [0.2, 0.25) is 0 Å². The second kappa shape index (κ2) is 9.27. The smallest absolute Gasteiger partial charge is 0.227 e. The molecule has 1 saturated carbocycles. The second-order valence-electron chi connectivity index (χ2n) is 7.00. The van der Waals surface area contributed by atoms with Crippen molar-refractivity contribution in [3.63, 3.8) is 0 Å². The van der Waals surface area contributed by atoms with E-state index in [-0.39, 0.29) is 24.7 Å². The first kappa shape index (κ1) is 18.3. The number of anilines is 1. The number of carbonyl (C=O) groups excluding carboxylic acids is 2. The van der Waals surface area contributed by atoms with E-state index in [2.05, 4.69) is 11.4 Å². The average molecular weight is 361 g/mol. The minimum atomic E-state index is -0.000517. The van der Waals surface area contributed by atoms with E-state index in [0.717, 1.165) is 41.8 Å². The summed E-state index contributed by atoms with van der Waals surface area (Å²) in [6, 6.07) is 8.00. The quantitative estimate of drug-likeness (QED) is 0.748. The SMILES string of the molecule is O=C(CCC(=O)N1CCSc2ccccc21)NCCCC1CCCC1. The van der Waals surface area contributed by atoms with Gasteiger partial charge in [0.1, 0.15) is 0 Å². The number of rotatable bonds is 7. The molecule has 0 unspecified atom stereocenters. The molecular weight excluding hydrogens is 332 g/mol. The number of nitrogens with one attached hydrogen (secondary N) is 1. The van der Waals surface area contributed by atoms with E-state index in [1.807, 2.05) is 23.1 Å². The Morgan fingerprint density at radius 3 is 2.80 bits per heavy atom. The molecular formula is C20H28N2O2S. The predicted octanol–water partition coefficient (Wildman–Crippen LogP) is 3.99. The second-order valence-corrected chi connectivity index (χ2v) is 8.14. The zero-order chi connectivity index (χ0) is 17.5. The van der Waals surface area contributed by atoms with Crippen LogP contribution in [0.4, 0.5) is 5.69 Å². The van der Waals surface area contributed by atoms with E-state index < -0.39 is 0 Å². The van der Waals surface area contributed by atoms with Gasteiger partial charge in [0, 0.05) is 36.6 Å². The van der Waals surface area contributed by atoms with Gasteiger partial charge in [0.2, 0.25) is 11.8 Å². The first-order valence-electron chi connectivity index (χ1n) is 9.53. The van der Waals surface area contributed by atoms with Gasteiger partial charge in [-0.05, 0) is 30.9 Å². The number of hydrogen-bond donors (Lipinski definition) is 1. The summed E-state index contributed by atoms with van der Waals surface area (Å²) in [6.07, 6.45) is 8.31. The lowest BCUT2D eigenvalue weighted by Crippen LogP contribution is -2.36. The van der Waals surface area contributed by atoms with E-state index >= 15 is 0 Å². The molecule has 5 heteroatoms. The van der Waals surface area contributed by atoms with Crippen molar-refractivity contribution >= 4 is 29.3 Å². The van der Waals surface area contributed by atoms with Crippen LogP contribution in [0.3, 0.4) is 0 Å². The highest BCUT2D eigenvalue weighted by Gasteiger charge is 2.22. The van der Waals surface area contributed by atoms with Crippen LogP contribution in [0.1, 0.15) is 51.4 Å². The maximum atomic E-state index is 12.5. The Kier molecular flexibility index (Phi) is 6.79. The summed E-state index contributed by atoms with van der Waals surface area (Å²) in [4.78, 5) is 27.5. The molecule has 0 bridgehead atoms. The topological polar surface area (TPSA) is 49.4 Å². The van der Waals surface area contributed by atoms with E-state index in [1.165, 1.54) is 32.1 Å². The fourth-order valence-electron chi connectivity index (χ4n) is 3.79. The summed E-state index contributed by atoms with van der Waals surface area (Å²) < 4.78 is 0. The molecule has 1 N–H and O–H groups in total. The Morgan fingerprint density at radius 2 is 1.96 bits per heavy atom. The number of amides is 2. The zero-order valence-electron chi connectivity index (χ0n) is 14.8. The third-order valence-corrected chi connectivity index (χ3v) is 6.22. The fraction of sp³-hybridized carbons (Fsp3) is 0.600. The molecule has 1 fully saturated rings. The van der Waals surface area contributed by atoms with Gasteiger partial charge in [-0.25, -0.2) is 0 Å². The number of carbonyl (C=O) groups is 2. The van der Waals surface area contributed by atoms with Crippen molar-refractivity contribution < 1.29 is 9.59 Å². The van der Waals surface area contributed by atoms with Crippen LogP contribution in [0.25, 0.3) is 0 Å². The van der Waals surface area contributed by atoms with Gasteiger partial charge in [0.15, 0.2) is 0 Å². The highest BCUT2D eigenvalue weighted by Crippen LogP contribution is 2.34. The number of hydrogen-bond acceptors (Lipinski definition) is 3. The number of fused-ring (bicyclic) bond motifs is 1. The van der Waals surface area contributed by atoms with Crippen molar-refractivity contribution in [1.29, 1.82) is 0 Å². The van der Waals surface area contributed by atoms with Gasteiger partial charge in [-0.2, -0.15) is 0 Å². The van der Waals surface area contributed by atoms with Crippen LogP contribution in [0, 0.1) is 5.92 Å². The van der Waals surface area contributed by atoms with Gasteiger partial charge in [-0.3, -0.25) is 9.59 Å². The lowest BCUT2D eigenvalue weighted by molar-refractivity contribution is -0.125. The molecule has 0 saturated heterocycles. The van der Waals surface area contributed by atoms with E-state index in [0.29, 0.717) is 0 Å². The molecule has 0 atom stereocenters. The van der Waals surface area contributed by atoms with Crippen molar-refractivity contribution in [3.8, 4) is 0 Å². The van der Waals surface area contributed by atoms with Crippen molar-refractivity contribution in [1.82, 2.24) is 5.32 Å².